The van der Waals surface area contributed by atoms with Crippen LogP contribution in [0.1, 0.15) is 19.4 Å². The van der Waals surface area contributed by atoms with Gasteiger partial charge in [0, 0.05) is 50.4 Å². The highest BCUT2D eigenvalue weighted by Gasteiger charge is 2.19. The summed E-state index contributed by atoms with van der Waals surface area (Å²) >= 11 is 0. The molecule has 0 unspecified atom stereocenters. The first-order valence-electron chi connectivity index (χ1n) is 6.46. The highest BCUT2D eigenvalue weighted by Crippen LogP contribution is 2.14. The molecule has 4 heteroatoms. The summed E-state index contributed by atoms with van der Waals surface area (Å²) in [5.74, 6) is -0.956. The van der Waals surface area contributed by atoms with E-state index < -0.39 is 11.6 Å². The molecule has 1 aliphatic heterocycles. The second-order valence-corrected chi connectivity index (χ2v) is 5.14. The Balaban J connectivity index is 1.91. The number of benzene rings is 1. The summed E-state index contributed by atoms with van der Waals surface area (Å²) in [5, 5.41) is 0. The average molecular weight is 254 g/mol. The van der Waals surface area contributed by atoms with E-state index in [9.17, 15) is 8.78 Å². The molecule has 0 saturated carbocycles. The molecule has 100 valence electrons. The zero-order valence-electron chi connectivity index (χ0n) is 11.0. The van der Waals surface area contributed by atoms with Gasteiger partial charge in [-0.2, -0.15) is 0 Å². The van der Waals surface area contributed by atoms with E-state index >= 15 is 0 Å². The molecular weight excluding hydrogens is 234 g/mol. The van der Waals surface area contributed by atoms with Gasteiger partial charge in [-0.05, 0) is 19.9 Å². The number of halogens is 2. The molecule has 0 spiro atoms. The van der Waals surface area contributed by atoms with Gasteiger partial charge in [-0.25, -0.2) is 8.78 Å². The lowest BCUT2D eigenvalue weighted by Gasteiger charge is -2.36. The SMILES string of the molecule is CC(C)N1CCN(Cc2ccc(F)cc2F)CC1. The predicted molar refractivity (Wildman–Crippen MR) is 68.3 cm³/mol. The Hall–Kier alpha value is -1.00. The van der Waals surface area contributed by atoms with Crippen molar-refractivity contribution in [3.63, 3.8) is 0 Å². The van der Waals surface area contributed by atoms with Crippen LogP contribution in [0.5, 0.6) is 0 Å². The lowest BCUT2D eigenvalue weighted by Crippen LogP contribution is -2.48. The van der Waals surface area contributed by atoms with E-state index in [1.807, 2.05) is 0 Å². The van der Waals surface area contributed by atoms with Gasteiger partial charge in [0.05, 0.1) is 0 Å². The fraction of sp³-hybridized carbons (Fsp3) is 0.571. The lowest BCUT2D eigenvalue weighted by atomic mass is 10.1. The van der Waals surface area contributed by atoms with Crippen molar-refractivity contribution in [1.29, 1.82) is 0 Å². The van der Waals surface area contributed by atoms with Crippen molar-refractivity contribution in [2.75, 3.05) is 26.2 Å². The second-order valence-electron chi connectivity index (χ2n) is 5.14. The predicted octanol–water partition coefficient (Wildman–Crippen LogP) is 2.49. The average Bonchev–Trinajstić information content (AvgIpc) is 2.33. The highest BCUT2D eigenvalue weighted by molar-refractivity contribution is 5.18. The summed E-state index contributed by atoms with van der Waals surface area (Å²) in [6.07, 6.45) is 0. The van der Waals surface area contributed by atoms with Crippen LogP contribution in [0.2, 0.25) is 0 Å². The fourth-order valence-electron chi connectivity index (χ4n) is 2.33. The third kappa shape index (κ3) is 3.27. The minimum absolute atomic E-state index is 0.443. The smallest absolute Gasteiger partial charge is 0.130 e. The van der Waals surface area contributed by atoms with Crippen molar-refractivity contribution in [3.05, 3.63) is 35.4 Å². The second kappa shape index (κ2) is 5.76. The van der Waals surface area contributed by atoms with Crippen LogP contribution in [-0.2, 0) is 6.54 Å². The first-order valence-corrected chi connectivity index (χ1v) is 6.46. The standard InChI is InChI=1S/C14H20F2N2/c1-11(2)18-7-5-17(6-8-18)10-12-3-4-13(15)9-14(12)16/h3-4,9,11H,5-8,10H2,1-2H3. The number of piperazine rings is 1. The summed E-state index contributed by atoms with van der Waals surface area (Å²) in [6.45, 7) is 8.85. The summed E-state index contributed by atoms with van der Waals surface area (Å²) < 4.78 is 26.3. The molecule has 2 nitrogen and oxygen atoms in total. The van der Waals surface area contributed by atoms with E-state index in [0.29, 0.717) is 18.2 Å². The Morgan fingerprint density at radius 3 is 2.33 bits per heavy atom. The minimum Gasteiger partial charge on any atom is -0.298 e. The molecule has 0 bridgehead atoms. The van der Waals surface area contributed by atoms with Crippen LogP contribution in [0.4, 0.5) is 8.78 Å². The van der Waals surface area contributed by atoms with Gasteiger partial charge in [0.1, 0.15) is 11.6 Å². The molecule has 1 heterocycles. The topological polar surface area (TPSA) is 6.48 Å². The first kappa shape index (κ1) is 13.4. The molecule has 1 fully saturated rings. The van der Waals surface area contributed by atoms with Gasteiger partial charge in [0.15, 0.2) is 0 Å². The van der Waals surface area contributed by atoms with Gasteiger partial charge in [0.2, 0.25) is 0 Å². The van der Waals surface area contributed by atoms with Gasteiger partial charge < -0.3 is 0 Å². The number of hydrogen-bond acceptors (Lipinski definition) is 2. The van der Waals surface area contributed by atoms with E-state index in [0.717, 1.165) is 32.2 Å². The van der Waals surface area contributed by atoms with Crippen molar-refractivity contribution in [2.24, 2.45) is 0 Å². The van der Waals surface area contributed by atoms with Gasteiger partial charge >= 0.3 is 0 Å². The molecule has 0 radical (unpaired) electrons. The first-order chi connectivity index (χ1) is 8.56. The van der Waals surface area contributed by atoms with E-state index in [4.69, 9.17) is 0 Å². The minimum atomic E-state index is -0.513. The quantitative estimate of drug-likeness (QED) is 0.817. The summed E-state index contributed by atoms with van der Waals surface area (Å²) in [6, 6.07) is 4.39. The zero-order chi connectivity index (χ0) is 13.1. The summed E-state index contributed by atoms with van der Waals surface area (Å²) in [4.78, 5) is 4.63. The number of hydrogen-bond donors (Lipinski definition) is 0. The van der Waals surface area contributed by atoms with E-state index in [1.54, 1.807) is 6.07 Å². The normalized spacial score (nSPS) is 18.5. The Morgan fingerprint density at radius 2 is 1.78 bits per heavy atom. The maximum atomic E-state index is 13.5. The monoisotopic (exact) mass is 254 g/mol. The summed E-state index contributed by atoms with van der Waals surface area (Å²) in [5.41, 5.74) is 0.578. The van der Waals surface area contributed by atoms with Crippen LogP contribution in [0.15, 0.2) is 18.2 Å². The van der Waals surface area contributed by atoms with E-state index in [1.165, 1.54) is 6.07 Å². The molecule has 0 aromatic heterocycles. The fourth-order valence-corrected chi connectivity index (χ4v) is 2.33. The van der Waals surface area contributed by atoms with Crippen LogP contribution in [0.25, 0.3) is 0 Å². The van der Waals surface area contributed by atoms with Crippen LogP contribution in [-0.4, -0.2) is 42.0 Å². The van der Waals surface area contributed by atoms with Crippen molar-refractivity contribution in [1.82, 2.24) is 9.80 Å². The van der Waals surface area contributed by atoms with E-state index in [2.05, 4.69) is 23.6 Å². The van der Waals surface area contributed by atoms with Crippen molar-refractivity contribution < 1.29 is 8.78 Å². The molecule has 1 aliphatic rings. The highest BCUT2D eigenvalue weighted by atomic mass is 19.1. The molecule has 1 aromatic rings. The van der Waals surface area contributed by atoms with Crippen LogP contribution < -0.4 is 0 Å². The number of rotatable bonds is 3. The van der Waals surface area contributed by atoms with Gasteiger partial charge in [-0.1, -0.05) is 6.07 Å². The van der Waals surface area contributed by atoms with Crippen molar-refractivity contribution in [2.45, 2.75) is 26.4 Å². The maximum Gasteiger partial charge on any atom is 0.130 e. The van der Waals surface area contributed by atoms with Gasteiger partial charge in [-0.15, -0.1) is 0 Å². The molecule has 18 heavy (non-hydrogen) atoms. The van der Waals surface area contributed by atoms with Gasteiger partial charge in [-0.3, -0.25) is 9.80 Å². The molecule has 0 atom stereocenters. The Bertz CT molecular complexity index is 399. The molecular formula is C14H20F2N2. The van der Waals surface area contributed by atoms with Crippen molar-refractivity contribution in [3.8, 4) is 0 Å². The maximum absolute atomic E-state index is 13.5. The third-order valence-electron chi connectivity index (χ3n) is 3.55. The third-order valence-corrected chi connectivity index (χ3v) is 3.55. The Kier molecular flexibility index (Phi) is 4.30. The molecule has 0 amide bonds. The molecule has 1 saturated heterocycles. The molecule has 0 aliphatic carbocycles. The molecule has 0 N–H and O–H groups in total. The Morgan fingerprint density at radius 1 is 1.11 bits per heavy atom. The van der Waals surface area contributed by atoms with Crippen LogP contribution in [0.3, 0.4) is 0 Å². The molecule has 1 aromatic carbocycles. The Labute approximate surface area is 107 Å². The lowest BCUT2D eigenvalue weighted by molar-refractivity contribution is 0.103. The molecule has 2 rings (SSSR count). The zero-order valence-corrected chi connectivity index (χ0v) is 11.0. The van der Waals surface area contributed by atoms with E-state index in [-0.39, 0.29) is 0 Å². The number of nitrogens with zero attached hydrogens (tertiary/aromatic N) is 2. The largest absolute Gasteiger partial charge is 0.298 e. The van der Waals surface area contributed by atoms with Gasteiger partial charge in [0.25, 0.3) is 0 Å². The van der Waals surface area contributed by atoms with Crippen molar-refractivity contribution >= 4 is 0 Å². The van der Waals surface area contributed by atoms with Crippen LogP contribution in [0, 0.1) is 11.6 Å². The summed E-state index contributed by atoms with van der Waals surface area (Å²) in [7, 11) is 0. The van der Waals surface area contributed by atoms with Crippen LogP contribution >= 0.6 is 0 Å².